The average Bonchev–Trinajstić information content (AvgIpc) is 2.67. The summed E-state index contributed by atoms with van der Waals surface area (Å²) in [6.07, 6.45) is 1.62. The van der Waals surface area contributed by atoms with Crippen molar-refractivity contribution in [3.8, 4) is 17.0 Å². The van der Waals surface area contributed by atoms with Crippen LogP contribution in [0.15, 0.2) is 36.7 Å². The van der Waals surface area contributed by atoms with Gasteiger partial charge in [0.15, 0.2) is 5.82 Å². The van der Waals surface area contributed by atoms with Crippen molar-refractivity contribution in [1.29, 1.82) is 0 Å². The molecule has 0 aliphatic carbocycles. The van der Waals surface area contributed by atoms with Crippen molar-refractivity contribution < 1.29 is 4.74 Å². The number of hydrogen-bond donors (Lipinski definition) is 1. The molecule has 128 valence electrons. The molecular formula is C19H21N5O. The molecule has 2 aromatic heterocycles. The first-order valence-corrected chi connectivity index (χ1v) is 8.49. The fraction of sp³-hybridized carbons (Fsp3) is 0.316. The molecule has 1 saturated heterocycles. The van der Waals surface area contributed by atoms with Crippen molar-refractivity contribution >= 4 is 16.9 Å². The quantitative estimate of drug-likeness (QED) is 0.793. The smallest absolute Gasteiger partial charge is 0.158 e. The van der Waals surface area contributed by atoms with E-state index in [0.717, 1.165) is 65.6 Å². The first-order chi connectivity index (χ1) is 12.3. The van der Waals surface area contributed by atoms with Gasteiger partial charge >= 0.3 is 0 Å². The van der Waals surface area contributed by atoms with E-state index < -0.39 is 0 Å². The van der Waals surface area contributed by atoms with E-state index in [1.54, 1.807) is 13.4 Å². The predicted octanol–water partition coefficient (Wildman–Crippen LogP) is 2.42. The van der Waals surface area contributed by atoms with Gasteiger partial charge in [-0.05, 0) is 42.8 Å². The number of fused-ring (bicyclic) bond motifs is 1. The lowest BCUT2D eigenvalue weighted by Crippen LogP contribution is -2.44. The molecule has 1 N–H and O–H groups in total. The monoisotopic (exact) mass is 335 g/mol. The van der Waals surface area contributed by atoms with E-state index in [4.69, 9.17) is 9.72 Å². The second-order valence-corrected chi connectivity index (χ2v) is 6.18. The molecule has 0 radical (unpaired) electrons. The molecule has 1 aliphatic rings. The molecule has 0 amide bonds. The first kappa shape index (κ1) is 15.8. The summed E-state index contributed by atoms with van der Waals surface area (Å²) >= 11 is 0. The highest BCUT2D eigenvalue weighted by Gasteiger charge is 2.16. The normalized spacial score (nSPS) is 14.7. The Bertz CT molecular complexity index is 905. The van der Waals surface area contributed by atoms with E-state index >= 15 is 0 Å². The molecule has 0 bridgehead atoms. The molecule has 3 aromatic rings. The number of rotatable bonds is 3. The third-order valence-electron chi connectivity index (χ3n) is 4.57. The lowest BCUT2D eigenvalue weighted by Gasteiger charge is -2.28. The summed E-state index contributed by atoms with van der Waals surface area (Å²) in [4.78, 5) is 16.1. The van der Waals surface area contributed by atoms with E-state index in [1.807, 2.05) is 31.2 Å². The zero-order valence-corrected chi connectivity index (χ0v) is 14.5. The van der Waals surface area contributed by atoms with E-state index in [0.29, 0.717) is 0 Å². The van der Waals surface area contributed by atoms with Gasteiger partial charge in [-0.15, -0.1) is 0 Å². The number of nitrogens with zero attached hydrogens (tertiary/aromatic N) is 4. The van der Waals surface area contributed by atoms with Crippen LogP contribution in [-0.4, -0.2) is 48.2 Å². The summed E-state index contributed by atoms with van der Waals surface area (Å²) in [6.45, 7) is 5.82. The van der Waals surface area contributed by atoms with Gasteiger partial charge in [0.2, 0.25) is 0 Å². The Morgan fingerprint density at radius 3 is 2.68 bits per heavy atom. The van der Waals surface area contributed by atoms with Crippen LogP contribution in [0.5, 0.6) is 5.75 Å². The van der Waals surface area contributed by atoms with Crippen molar-refractivity contribution in [3.63, 3.8) is 0 Å². The molecule has 0 spiro atoms. The van der Waals surface area contributed by atoms with E-state index in [2.05, 4.69) is 26.3 Å². The van der Waals surface area contributed by atoms with E-state index in [9.17, 15) is 0 Å². The Kier molecular flexibility index (Phi) is 4.19. The highest BCUT2D eigenvalue weighted by Crippen LogP contribution is 2.28. The zero-order chi connectivity index (χ0) is 17.2. The van der Waals surface area contributed by atoms with Gasteiger partial charge in [0.05, 0.1) is 18.3 Å². The number of hydrogen-bond acceptors (Lipinski definition) is 6. The SMILES string of the molecule is COc1ccc(-c2ccc3ncnc(N4CCNCC4)c3n2)cc1C. The minimum Gasteiger partial charge on any atom is -0.496 e. The Morgan fingerprint density at radius 1 is 1.08 bits per heavy atom. The molecule has 6 heteroatoms. The van der Waals surface area contributed by atoms with Crippen LogP contribution in [0.3, 0.4) is 0 Å². The fourth-order valence-electron chi connectivity index (χ4n) is 3.23. The third kappa shape index (κ3) is 3.00. The summed E-state index contributed by atoms with van der Waals surface area (Å²) in [5, 5.41) is 3.37. The van der Waals surface area contributed by atoms with E-state index in [-0.39, 0.29) is 0 Å². The van der Waals surface area contributed by atoms with Crippen LogP contribution in [0.1, 0.15) is 5.56 Å². The van der Waals surface area contributed by atoms with Crippen LogP contribution in [0.2, 0.25) is 0 Å². The van der Waals surface area contributed by atoms with Crippen LogP contribution in [0.25, 0.3) is 22.3 Å². The van der Waals surface area contributed by atoms with Crippen LogP contribution in [-0.2, 0) is 0 Å². The Balaban J connectivity index is 1.80. The van der Waals surface area contributed by atoms with Gasteiger partial charge in [-0.3, -0.25) is 0 Å². The van der Waals surface area contributed by atoms with Gasteiger partial charge in [0.1, 0.15) is 17.6 Å². The first-order valence-electron chi connectivity index (χ1n) is 8.49. The number of anilines is 1. The molecule has 0 saturated carbocycles. The van der Waals surface area contributed by atoms with Crippen molar-refractivity contribution in [2.75, 3.05) is 38.2 Å². The third-order valence-corrected chi connectivity index (χ3v) is 4.57. The van der Waals surface area contributed by atoms with Gasteiger partial charge in [-0.1, -0.05) is 0 Å². The molecule has 4 rings (SSSR count). The maximum Gasteiger partial charge on any atom is 0.158 e. The fourth-order valence-corrected chi connectivity index (χ4v) is 3.23. The number of ether oxygens (including phenoxy) is 1. The largest absolute Gasteiger partial charge is 0.496 e. The number of pyridine rings is 1. The summed E-state index contributed by atoms with van der Waals surface area (Å²) in [5.74, 6) is 1.80. The molecule has 6 nitrogen and oxygen atoms in total. The topological polar surface area (TPSA) is 63.2 Å². The van der Waals surface area contributed by atoms with Crippen molar-refractivity contribution in [2.45, 2.75) is 6.92 Å². The number of benzene rings is 1. The molecule has 1 fully saturated rings. The number of methoxy groups -OCH3 is 1. The summed E-state index contributed by atoms with van der Waals surface area (Å²) in [5.41, 5.74) is 4.81. The van der Waals surface area contributed by atoms with Crippen LogP contribution >= 0.6 is 0 Å². The molecule has 0 unspecified atom stereocenters. The lowest BCUT2D eigenvalue weighted by atomic mass is 10.1. The van der Waals surface area contributed by atoms with Gasteiger partial charge < -0.3 is 15.0 Å². The van der Waals surface area contributed by atoms with Crippen molar-refractivity contribution in [3.05, 3.63) is 42.2 Å². The summed E-state index contributed by atoms with van der Waals surface area (Å²) in [6, 6.07) is 10.1. The van der Waals surface area contributed by atoms with Gasteiger partial charge in [0, 0.05) is 31.7 Å². The maximum atomic E-state index is 5.35. The van der Waals surface area contributed by atoms with Crippen LogP contribution < -0.4 is 15.0 Å². The molecule has 1 aromatic carbocycles. The lowest BCUT2D eigenvalue weighted by molar-refractivity contribution is 0.412. The van der Waals surface area contributed by atoms with Crippen molar-refractivity contribution in [1.82, 2.24) is 20.3 Å². The Hall–Kier alpha value is -2.73. The predicted molar refractivity (Wildman–Crippen MR) is 99.1 cm³/mol. The minimum atomic E-state index is 0.857. The molecule has 0 atom stereocenters. The highest BCUT2D eigenvalue weighted by molar-refractivity contribution is 5.87. The molecule has 25 heavy (non-hydrogen) atoms. The Labute approximate surface area is 146 Å². The van der Waals surface area contributed by atoms with E-state index in [1.165, 1.54) is 0 Å². The number of nitrogens with one attached hydrogen (secondary N) is 1. The average molecular weight is 335 g/mol. The van der Waals surface area contributed by atoms with Crippen molar-refractivity contribution in [2.24, 2.45) is 0 Å². The van der Waals surface area contributed by atoms with Crippen LogP contribution in [0, 0.1) is 6.92 Å². The van der Waals surface area contributed by atoms with Gasteiger partial charge in [0.25, 0.3) is 0 Å². The Morgan fingerprint density at radius 2 is 1.92 bits per heavy atom. The molecule has 3 heterocycles. The minimum absolute atomic E-state index is 0.857. The summed E-state index contributed by atoms with van der Waals surface area (Å²) < 4.78 is 5.35. The number of piperazine rings is 1. The highest BCUT2D eigenvalue weighted by atomic mass is 16.5. The van der Waals surface area contributed by atoms with Gasteiger partial charge in [-0.25, -0.2) is 15.0 Å². The molecular weight excluding hydrogens is 314 g/mol. The second-order valence-electron chi connectivity index (χ2n) is 6.18. The maximum absolute atomic E-state index is 5.35. The summed E-state index contributed by atoms with van der Waals surface area (Å²) in [7, 11) is 1.69. The zero-order valence-electron chi connectivity index (χ0n) is 14.5. The molecule has 1 aliphatic heterocycles. The van der Waals surface area contributed by atoms with Gasteiger partial charge in [-0.2, -0.15) is 0 Å². The van der Waals surface area contributed by atoms with Crippen LogP contribution in [0.4, 0.5) is 5.82 Å². The standard InChI is InChI=1S/C19H21N5O/c1-13-11-14(3-6-17(13)25-2)15-4-5-16-18(23-15)19(22-12-21-16)24-9-7-20-8-10-24/h3-6,11-12,20H,7-10H2,1-2H3. The second kappa shape index (κ2) is 6.64. The number of aromatic nitrogens is 3. The number of aryl methyl sites for hydroxylation is 1.